The molecule has 0 fully saturated rings. The number of pyridine rings is 1. The van der Waals surface area contributed by atoms with Gasteiger partial charge in [-0.3, -0.25) is 9.48 Å². The summed E-state index contributed by atoms with van der Waals surface area (Å²) >= 11 is 0. The van der Waals surface area contributed by atoms with Crippen molar-refractivity contribution in [3.8, 4) is 23.2 Å². The van der Waals surface area contributed by atoms with Gasteiger partial charge < -0.3 is 10.1 Å². The molecule has 0 saturated heterocycles. The number of nitrogens with zero attached hydrogens (tertiary/aromatic N) is 4. The molecular formula is C19H15N5O2. The molecule has 0 saturated carbocycles. The molecule has 1 aliphatic heterocycles. The Morgan fingerprint density at radius 1 is 1.27 bits per heavy atom. The highest BCUT2D eigenvalue weighted by molar-refractivity contribution is 5.88. The number of rotatable bonds is 2. The molecule has 3 heterocycles. The number of fused-ring (bicyclic) bond motifs is 2. The molecule has 0 bridgehead atoms. The Morgan fingerprint density at radius 2 is 2.15 bits per heavy atom. The lowest BCUT2D eigenvalue weighted by Crippen LogP contribution is -2.06. The SMILES string of the molecule is CC(=O)Nc1ccc2c(c1)OCc1cc(-c3cccc(C#N)n3)nn1C2. The molecule has 1 N–H and O–H groups in total. The number of nitriles is 1. The number of amides is 1. The molecule has 7 nitrogen and oxygen atoms in total. The van der Waals surface area contributed by atoms with Gasteiger partial charge in [0.25, 0.3) is 0 Å². The van der Waals surface area contributed by atoms with E-state index in [1.54, 1.807) is 12.1 Å². The van der Waals surface area contributed by atoms with Crippen LogP contribution in [0, 0.1) is 11.3 Å². The van der Waals surface area contributed by atoms with Crippen molar-refractivity contribution >= 4 is 11.6 Å². The zero-order chi connectivity index (χ0) is 18.1. The Labute approximate surface area is 149 Å². The first-order valence-electron chi connectivity index (χ1n) is 8.10. The predicted molar refractivity (Wildman–Crippen MR) is 94.4 cm³/mol. The molecule has 0 aliphatic carbocycles. The van der Waals surface area contributed by atoms with E-state index in [1.807, 2.05) is 41.1 Å². The molecule has 2 aromatic heterocycles. The first-order valence-corrected chi connectivity index (χ1v) is 8.10. The molecule has 4 rings (SSSR count). The number of ether oxygens (including phenoxy) is 1. The number of anilines is 1. The van der Waals surface area contributed by atoms with Gasteiger partial charge in [0.2, 0.25) is 5.91 Å². The first-order chi connectivity index (χ1) is 12.6. The van der Waals surface area contributed by atoms with Crippen LogP contribution in [0.15, 0.2) is 42.5 Å². The number of hydrogen-bond acceptors (Lipinski definition) is 5. The molecule has 0 unspecified atom stereocenters. The van der Waals surface area contributed by atoms with Crippen molar-refractivity contribution in [2.75, 3.05) is 5.32 Å². The van der Waals surface area contributed by atoms with Gasteiger partial charge in [-0.1, -0.05) is 12.1 Å². The minimum atomic E-state index is -0.122. The normalized spacial score (nSPS) is 12.2. The Balaban J connectivity index is 1.65. The summed E-state index contributed by atoms with van der Waals surface area (Å²) in [5, 5.41) is 16.4. The van der Waals surface area contributed by atoms with Gasteiger partial charge in [-0.05, 0) is 24.3 Å². The van der Waals surface area contributed by atoms with Crippen molar-refractivity contribution in [2.45, 2.75) is 20.1 Å². The lowest BCUT2D eigenvalue weighted by atomic mass is 10.2. The van der Waals surface area contributed by atoms with Gasteiger partial charge in [-0.15, -0.1) is 0 Å². The van der Waals surface area contributed by atoms with Crippen LogP contribution in [-0.4, -0.2) is 20.7 Å². The monoisotopic (exact) mass is 345 g/mol. The Morgan fingerprint density at radius 3 is 2.96 bits per heavy atom. The van der Waals surface area contributed by atoms with Crippen LogP contribution >= 0.6 is 0 Å². The van der Waals surface area contributed by atoms with E-state index in [0.29, 0.717) is 35.9 Å². The summed E-state index contributed by atoms with van der Waals surface area (Å²) in [5.74, 6) is 0.608. The fourth-order valence-electron chi connectivity index (χ4n) is 2.89. The van der Waals surface area contributed by atoms with E-state index in [0.717, 1.165) is 17.0 Å². The van der Waals surface area contributed by atoms with Crippen LogP contribution < -0.4 is 10.1 Å². The number of carbonyl (C=O) groups is 1. The number of hydrogen-bond donors (Lipinski definition) is 1. The summed E-state index contributed by atoms with van der Waals surface area (Å²) < 4.78 is 7.78. The van der Waals surface area contributed by atoms with E-state index < -0.39 is 0 Å². The summed E-state index contributed by atoms with van der Waals surface area (Å²) in [6.07, 6.45) is 0. The topological polar surface area (TPSA) is 92.8 Å². The average Bonchev–Trinajstić information content (AvgIpc) is 2.96. The molecule has 26 heavy (non-hydrogen) atoms. The summed E-state index contributed by atoms with van der Waals surface area (Å²) in [6.45, 7) is 2.39. The van der Waals surface area contributed by atoms with E-state index in [9.17, 15) is 4.79 Å². The quantitative estimate of drug-likeness (QED) is 0.771. The molecule has 1 aromatic carbocycles. The van der Waals surface area contributed by atoms with Crippen LogP contribution in [0.1, 0.15) is 23.9 Å². The van der Waals surface area contributed by atoms with Gasteiger partial charge in [0.1, 0.15) is 29.8 Å². The third-order valence-corrected chi connectivity index (χ3v) is 4.07. The third-order valence-electron chi connectivity index (χ3n) is 4.07. The fourth-order valence-corrected chi connectivity index (χ4v) is 2.89. The molecular weight excluding hydrogens is 330 g/mol. The van der Waals surface area contributed by atoms with Gasteiger partial charge in [0.05, 0.1) is 17.9 Å². The van der Waals surface area contributed by atoms with E-state index in [2.05, 4.69) is 15.4 Å². The second-order valence-corrected chi connectivity index (χ2v) is 5.99. The van der Waals surface area contributed by atoms with E-state index in [4.69, 9.17) is 10.00 Å². The van der Waals surface area contributed by atoms with Gasteiger partial charge >= 0.3 is 0 Å². The van der Waals surface area contributed by atoms with Gasteiger partial charge in [-0.25, -0.2) is 4.98 Å². The smallest absolute Gasteiger partial charge is 0.221 e. The Bertz CT molecular complexity index is 1050. The first kappa shape index (κ1) is 15.8. The summed E-state index contributed by atoms with van der Waals surface area (Å²) in [5.41, 5.74) is 4.32. The van der Waals surface area contributed by atoms with Crippen LogP contribution in [-0.2, 0) is 17.9 Å². The van der Waals surface area contributed by atoms with Crippen LogP contribution in [0.3, 0.4) is 0 Å². The van der Waals surface area contributed by atoms with Gasteiger partial charge in [0, 0.05) is 24.2 Å². The van der Waals surface area contributed by atoms with Crippen molar-refractivity contribution in [1.82, 2.24) is 14.8 Å². The van der Waals surface area contributed by atoms with Crippen molar-refractivity contribution in [1.29, 1.82) is 5.26 Å². The highest BCUT2D eigenvalue weighted by Crippen LogP contribution is 2.29. The van der Waals surface area contributed by atoms with E-state index >= 15 is 0 Å². The molecule has 1 aliphatic rings. The van der Waals surface area contributed by atoms with Gasteiger partial charge in [-0.2, -0.15) is 10.4 Å². The molecule has 0 atom stereocenters. The third kappa shape index (κ3) is 3.00. The maximum absolute atomic E-state index is 11.2. The summed E-state index contributed by atoms with van der Waals surface area (Å²) in [4.78, 5) is 15.5. The zero-order valence-corrected chi connectivity index (χ0v) is 14.1. The molecule has 7 heteroatoms. The van der Waals surface area contributed by atoms with Crippen LogP contribution in [0.4, 0.5) is 5.69 Å². The Kier molecular flexibility index (Phi) is 3.86. The predicted octanol–water partition coefficient (Wildman–Crippen LogP) is 2.72. The number of nitrogens with one attached hydrogen (secondary N) is 1. The molecule has 128 valence electrons. The zero-order valence-electron chi connectivity index (χ0n) is 14.1. The standard InChI is InChI=1S/C19H15N5O2/c1-12(25)21-14-6-5-13-10-24-16(11-26-19(13)7-14)8-18(23-24)17-4-2-3-15(9-20)22-17/h2-8H,10-11H2,1H3,(H,21,25). The number of benzene rings is 1. The molecule has 3 aromatic rings. The minimum Gasteiger partial charge on any atom is -0.487 e. The number of aromatic nitrogens is 3. The minimum absolute atomic E-state index is 0.122. The maximum atomic E-state index is 11.2. The second kappa shape index (κ2) is 6.33. The van der Waals surface area contributed by atoms with Gasteiger partial charge in [0.15, 0.2) is 0 Å². The molecule has 0 radical (unpaired) electrons. The lowest BCUT2D eigenvalue weighted by molar-refractivity contribution is -0.114. The van der Waals surface area contributed by atoms with E-state index in [-0.39, 0.29) is 5.91 Å². The van der Waals surface area contributed by atoms with Crippen molar-refractivity contribution in [2.24, 2.45) is 0 Å². The van der Waals surface area contributed by atoms with E-state index in [1.165, 1.54) is 6.92 Å². The second-order valence-electron chi connectivity index (χ2n) is 5.99. The number of carbonyl (C=O) groups excluding carboxylic acids is 1. The van der Waals surface area contributed by atoms with Crippen molar-refractivity contribution in [3.63, 3.8) is 0 Å². The lowest BCUT2D eigenvalue weighted by Gasteiger charge is -2.09. The van der Waals surface area contributed by atoms with Crippen molar-refractivity contribution in [3.05, 3.63) is 59.4 Å². The summed E-state index contributed by atoms with van der Waals surface area (Å²) in [6, 6.07) is 14.8. The average molecular weight is 345 g/mol. The molecule has 1 amide bonds. The highest BCUT2D eigenvalue weighted by atomic mass is 16.5. The van der Waals surface area contributed by atoms with Crippen LogP contribution in [0.5, 0.6) is 5.75 Å². The fraction of sp³-hybridized carbons (Fsp3) is 0.158. The van der Waals surface area contributed by atoms with Crippen LogP contribution in [0.25, 0.3) is 11.4 Å². The van der Waals surface area contributed by atoms with Crippen molar-refractivity contribution < 1.29 is 9.53 Å². The maximum Gasteiger partial charge on any atom is 0.221 e. The largest absolute Gasteiger partial charge is 0.487 e. The van der Waals surface area contributed by atoms with Crippen LogP contribution in [0.2, 0.25) is 0 Å². The Hall–Kier alpha value is -3.66. The summed E-state index contributed by atoms with van der Waals surface area (Å²) in [7, 11) is 0. The highest BCUT2D eigenvalue weighted by Gasteiger charge is 2.18. The molecule has 0 spiro atoms.